The van der Waals surface area contributed by atoms with Gasteiger partial charge in [0.1, 0.15) is 10.7 Å². The van der Waals surface area contributed by atoms with Gasteiger partial charge < -0.3 is 10.2 Å². The fourth-order valence-electron chi connectivity index (χ4n) is 4.72. The lowest BCUT2D eigenvalue weighted by molar-refractivity contribution is -0.118. The Morgan fingerprint density at radius 1 is 1.15 bits per heavy atom. The largest absolute Gasteiger partial charge is 0.326 e. The van der Waals surface area contributed by atoms with E-state index in [0.717, 1.165) is 16.3 Å². The Morgan fingerprint density at radius 3 is 2.70 bits per heavy atom. The van der Waals surface area contributed by atoms with Gasteiger partial charge in [0.15, 0.2) is 0 Å². The predicted octanol–water partition coefficient (Wildman–Crippen LogP) is 4.53. The van der Waals surface area contributed by atoms with Gasteiger partial charge in [0.25, 0.3) is 5.91 Å². The Labute approximate surface area is 196 Å². The minimum absolute atomic E-state index is 0.0291. The van der Waals surface area contributed by atoms with Crippen LogP contribution in [0.15, 0.2) is 60.1 Å². The molecular weight excluding hydrogens is 436 g/mol. The summed E-state index contributed by atoms with van der Waals surface area (Å²) in [5.41, 5.74) is 2.27. The number of benzene rings is 2. The number of hydrogen-bond donors (Lipinski definition) is 1. The van der Waals surface area contributed by atoms with Crippen molar-refractivity contribution in [1.82, 2.24) is 9.88 Å². The highest BCUT2D eigenvalue weighted by Crippen LogP contribution is 2.44. The summed E-state index contributed by atoms with van der Waals surface area (Å²) >= 11 is 1.57. The van der Waals surface area contributed by atoms with Crippen LogP contribution in [0.1, 0.15) is 43.0 Å². The van der Waals surface area contributed by atoms with Gasteiger partial charge in [-0.3, -0.25) is 19.3 Å². The van der Waals surface area contributed by atoms with Crippen molar-refractivity contribution in [2.45, 2.75) is 38.3 Å². The first-order valence-corrected chi connectivity index (χ1v) is 11.9. The van der Waals surface area contributed by atoms with Crippen LogP contribution in [0, 0.1) is 0 Å². The van der Waals surface area contributed by atoms with Crippen LogP contribution in [0.4, 0.5) is 11.4 Å². The summed E-state index contributed by atoms with van der Waals surface area (Å²) in [6.07, 6.45) is 3.55. The van der Waals surface area contributed by atoms with Crippen molar-refractivity contribution in [3.63, 3.8) is 0 Å². The third-order valence-electron chi connectivity index (χ3n) is 6.38. The molecule has 1 atom stereocenters. The minimum Gasteiger partial charge on any atom is -0.326 e. The Hall–Kier alpha value is -3.52. The summed E-state index contributed by atoms with van der Waals surface area (Å²) in [5, 5.41) is 5.78. The van der Waals surface area contributed by atoms with E-state index in [4.69, 9.17) is 0 Å². The lowest BCUT2D eigenvalue weighted by Gasteiger charge is -2.48. The van der Waals surface area contributed by atoms with Crippen LogP contribution in [-0.2, 0) is 9.59 Å². The van der Waals surface area contributed by atoms with Crippen molar-refractivity contribution >= 4 is 40.4 Å². The molecule has 3 aromatic rings. The quantitative estimate of drug-likeness (QED) is 0.586. The Kier molecular flexibility index (Phi) is 5.46. The van der Waals surface area contributed by atoms with Crippen molar-refractivity contribution in [2.75, 3.05) is 16.8 Å². The molecule has 0 aliphatic carbocycles. The van der Waals surface area contributed by atoms with Crippen molar-refractivity contribution < 1.29 is 14.4 Å². The first-order chi connectivity index (χ1) is 16.0. The zero-order valence-electron chi connectivity index (χ0n) is 18.3. The summed E-state index contributed by atoms with van der Waals surface area (Å²) in [4.78, 5) is 46.2. The molecule has 2 aliphatic heterocycles. The minimum atomic E-state index is -0.690. The van der Waals surface area contributed by atoms with E-state index in [0.29, 0.717) is 37.1 Å². The average molecular weight is 461 g/mol. The smallest absolute Gasteiger partial charge is 0.257 e. The summed E-state index contributed by atoms with van der Waals surface area (Å²) in [7, 11) is 0. The second kappa shape index (κ2) is 8.44. The van der Waals surface area contributed by atoms with Gasteiger partial charge >= 0.3 is 0 Å². The summed E-state index contributed by atoms with van der Waals surface area (Å²) in [6.45, 7) is 2.35. The number of anilines is 2. The van der Waals surface area contributed by atoms with Gasteiger partial charge in [-0.15, -0.1) is 11.3 Å². The van der Waals surface area contributed by atoms with Crippen molar-refractivity contribution in [3.05, 3.63) is 65.7 Å². The first kappa shape index (κ1) is 21.3. The molecule has 1 fully saturated rings. The molecule has 5 rings (SSSR count). The van der Waals surface area contributed by atoms with E-state index >= 15 is 0 Å². The van der Waals surface area contributed by atoms with Gasteiger partial charge in [-0.2, -0.15) is 0 Å². The number of carbonyl (C=O) groups is 3. The van der Waals surface area contributed by atoms with E-state index in [-0.39, 0.29) is 24.1 Å². The lowest BCUT2D eigenvalue weighted by atomic mass is 9.98. The number of carbonyl (C=O) groups excluding carboxylic acids is 3. The Morgan fingerprint density at radius 2 is 1.94 bits per heavy atom. The normalized spacial score (nSPS) is 19.4. The van der Waals surface area contributed by atoms with Crippen molar-refractivity contribution in [1.29, 1.82) is 0 Å². The van der Waals surface area contributed by atoms with Crippen LogP contribution in [0.5, 0.6) is 0 Å². The maximum absolute atomic E-state index is 13.3. The highest BCUT2D eigenvalue weighted by atomic mass is 32.1. The maximum atomic E-state index is 13.3. The molecule has 1 N–H and O–H groups in total. The molecule has 2 aliphatic rings. The predicted molar refractivity (Wildman–Crippen MR) is 128 cm³/mol. The molecule has 7 nitrogen and oxygen atoms in total. The molecule has 0 spiro atoms. The van der Waals surface area contributed by atoms with Gasteiger partial charge in [-0.1, -0.05) is 12.1 Å². The van der Waals surface area contributed by atoms with Gasteiger partial charge in [-0.05, 0) is 56.2 Å². The lowest BCUT2D eigenvalue weighted by Crippen LogP contribution is -2.62. The second-order valence-corrected chi connectivity index (χ2v) is 9.38. The van der Waals surface area contributed by atoms with E-state index in [9.17, 15) is 14.4 Å². The number of amides is 3. The third-order valence-corrected chi connectivity index (χ3v) is 7.20. The monoisotopic (exact) mass is 460 g/mol. The van der Waals surface area contributed by atoms with E-state index in [2.05, 4.69) is 10.3 Å². The third kappa shape index (κ3) is 3.80. The zero-order valence-corrected chi connectivity index (χ0v) is 19.1. The molecule has 1 aromatic heterocycles. The fourth-order valence-corrected chi connectivity index (χ4v) is 5.37. The average Bonchev–Trinajstić information content (AvgIpc) is 3.45. The highest BCUT2D eigenvalue weighted by molar-refractivity contribution is 7.13. The number of hydrogen-bond acceptors (Lipinski definition) is 5. The molecule has 1 saturated heterocycles. The van der Waals surface area contributed by atoms with E-state index in [1.807, 2.05) is 54.8 Å². The van der Waals surface area contributed by atoms with Crippen LogP contribution in [-0.4, -0.2) is 39.8 Å². The Bertz CT molecular complexity index is 1210. The molecule has 168 valence electrons. The van der Waals surface area contributed by atoms with E-state index in [1.165, 1.54) is 0 Å². The molecule has 3 heterocycles. The summed E-state index contributed by atoms with van der Waals surface area (Å²) < 4.78 is 0. The number of nitrogens with zero attached hydrogens (tertiary/aromatic N) is 3. The van der Waals surface area contributed by atoms with Crippen molar-refractivity contribution in [2.24, 2.45) is 0 Å². The summed E-state index contributed by atoms with van der Waals surface area (Å²) in [5.74, 6) is -0.162. The molecule has 2 aromatic carbocycles. The molecule has 0 saturated carbocycles. The van der Waals surface area contributed by atoms with Crippen molar-refractivity contribution in [3.8, 4) is 10.6 Å². The number of thiazole rings is 1. The molecule has 1 unspecified atom stereocenters. The van der Waals surface area contributed by atoms with E-state index in [1.54, 1.807) is 33.4 Å². The van der Waals surface area contributed by atoms with Crippen LogP contribution >= 0.6 is 11.3 Å². The molecular formula is C25H24N4O3S. The topological polar surface area (TPSA) is 82.6 Å². The number of rotatable bonds is 6. The number of aromatic nitrogens is 1. The highest BCUT2D eigenvalue weighted by Gasteiger charge is 2.52. The zero-order chi connectivity index (χ0) is 23.0. The fraction of sp³-hybridized carbons (Fsp3) is 0.280. The molecule has 8 heteroatoms. The van der Waals surface area contributed by atoms with Crippen LogP contribution in [0.2, 0.25) is 0 Å². The van der Waals surface area contributed by atoms with Gasteiger partial charge in [0.2, 0.25) is 11.8 Å². The van der Waals surface area contributed by atoms with Gasteiger partial charge in [-0.25, -0.2) is 4.98 Å². The molecule has 33 heavy (non-hydrogen) atoms. The second-order valence-electron chi connectivity index (χ2n) is 8.49. The van der Waals surface area contributed by atoms with Gasteiger partial charge in [0, 0.05) is 42.2 Å². The summed E-state index contributed by atoms with van der Waals surface area (Å²) in [6, 6.07) is 14.9. The standard InChI is InChI=1S/C25H24N4O3S/c1-25-13-12-22(31)29(25)20-6-3-2-5-19(20)24(32)28(25)15-4-7-21(30)27-18-10-8-17(9-11-18)23-26-14-16-33-23/h2-3,5-6,8-11,14,16H,4,7,12-13,15H2,1H3,(H,27,30). The van der Waals surface area contributed by atoms with Crippen LogP contribution in [0.25, 0.3) is 10.6 Å². The molecule has 0 radical (unpaired) electrons. The molecule has 0 bridgehead atoms. The van der Waals surface area contributed by atoms with Crippen LogP contribution < -0.4 is 10.2 Å². The SMILES string of the molecule is CC12CCC(=O)N1c1ccccc1C(=O)N2CCCC(=O)Nc1ccc(-c2nccs2)cc1. The Balaban J connectivity index is 1.23. The van der Waals surface area contributed by atoms with Gasteiger partial charge in [0.05, 0.1) is 11.3 Å². The first-order valence-electron chi connectivity index (χ1n) is 11.0. The van der Waals surface area contributed by atoms with Crippen LogP contribution in [0.3, 0.4) is 0 Å². The molecule has 3 amide bonds. The number of fused-ring (bicyclic) bond motifs is 3. The van der Waals surface area contributed by atoms with E-state index < -0.39 is 5.66 Å². The number of nitrogens with one attached hydrogen (secondary N) is 1. The number of para-hydroxylation sites is 1. The maximum Gasteiger partial charge on any atom is 0.257 e.